The number of H-pyrrole nitrogens is 1. The van der Waals surface area contributed by atoms with E-state index in [9.17, 15) is 4.79 Å². The van der Waals surface area contributed by atoms with Gasteiger partial charge in [0.25, 0.3) is 5.91 Å². The molecule has 0 atom stereocenters. The molecule has 2 aromatic heterocycles. The predicted octanol–water partition coefficient (Wildman–Crippen LogP) is 3.88. The van der Waals surface area contributed by atoms with E-state index >= 15 is 0 Å². The molecule has 1 saturated carbocycles. The smallest absolute Gasteiger partial charge is 0.289 e. The third kappa shape index (κ3) is 4.28. The van der Waals surface area contributed by atoms with Gasteiger partial charge in [-0.15, -0.1) is 0 Å². The Kier molecular flexibility index (Phi) is 5.36. The Labute approximate surface area is 180 Å². The molecule has 0 spiro atoms. The van der Waals surface area contributed by atoms with Crippen LogP contribution in [0.2, 0.25) is 0 Å². The normalized spacial score (nSPS) is 17.0. The SMILES string of the molecule is COc1ccccc1OCc1ccc(C(=O)N2CCC(c3nc(C4CC4)n[nH]3)CC2)o1. The number of rotatable bonds is 7. The Balaban J connectivity index is 1.15. The lowest BCUT2D eigenvalue weighted by atomic mass is 9.96. The molecule has 1 amide bonds. The number of piperidine rings is 1. The number of carbonyl (C=O) groups excluding carboxylic acids is 1. The van der Waals surface area contributed by atoms with Crippen LogP contribution < -0.4 is 9.47 Å². The number of aromatic nitrogens is 3. The van der Waals surface area contributed by atoms with Crippen molar-refractivity contribution in [3.8, 4) is 11.5 Å². The van der Waals surface area contributed by atoms with E-state index in [-0.39, 0.29) is 12.5 Å². The van der Waals surface area contributed by atoms with E-state index in [1.54, 1.807) is 19.2 Å². The van der Waals surface area contributed by atoms with Crippen LogP contribution in [-0.4, -0.2) is 46.2 Å². The first-order valence-corrected chi connectivity index (χ1v) is 10.8. The first kappa shape index (κ1) is 19.7. The fourth-order valence-electron chi connectivity index (χ4n) is 3.96. The number of para-hydroxylation sites is 2. The first-order valence-electron chi connectivity index (χ1n) is 10.8. The Morgan fingerprint density at radius 3 is 2.61 bits per heavy atom. The molecule has 31 heavy (non-hydrogen) atoms. The lowest BCUT2D eigenvalue weighted by Gasteiger charge is -2.30. The third-order valence-corrected chi connectivity index (χ3v) is 5.94. The van der Waals surface area contributed by atoms with Crippen molar-refractivity contribution in [1.82, 2.24) is 20.1 Å². The monoisotopic (exact) mass is 422 g/mol. The molecule has 1 aliphatic carbocycles. The van der Waals surface area contributed by atoms with Crippen LogP contribution in [0.25, 0.3) is 0 Å². The van der Waals surface area contributed by atoms with Gasteiger partial charge in [-0.3, -0.25) is 9.89 Å². The van der Waals surface area contributed by atoms with Gasteiger partial charge in [-0.25, -0.2) is 4.98 Å². The van der Waals surface area contributed by atoms with E-state index in [0.29, 0.717) is 47.9 Å². The van der Waals surface area contributed by atoms with Crippen molar-refractivity contribution in [2.45, 2.75) is 44.1 Å². The van der Waals surface area contributed by atoms with Crippen LogP contribution in [0.3, 0.4) is 0 Å². The van der Waals surface area contributed by atoms with Gasteiger partial charge in [0.2, 0.25) is 0 Å². The Hall–Kier alpha value is -3.29. The molecule has 5 rings (SSSR count). The molecule has 2 fully saturated rings. The first-order chi connectivity index (χ1) is 15.2. The summed E-state index contributed by atoms with van der Waals surface area (Å²) in [6.07, 6.45) is 4.13. The average Bonchev–Trinajstić information content (AvgIpc) is 3.35. The highest BCUT2D eigenvalue weighted by Crippen LogP contribution is 2.38. The second-order valence-corrected chi connectivity index (χ2v) is 8.13. The summed E-state index contributed by atoms with van der Waals surface area (Å²) in [6.45, 7) is 1.58. The fourth-order valence-corrected chi connectivity index (χ4v) is 3.96. The van der Waals surface area contributed by atoms with Gasteiger partial charge in [-0.2, -0.15) is 5.10 Å². The molecule has 0 unspecified atom stereocenters. The van der Waals surface area contributed by atoms with Crippen LogP contribution >= 0.6 is 0 Å². The van der Waals surface area contributed by atoms with Crippen LogP contribution in [-0.2, 0) is 6.61 Å². The summed E-state index contributed by atoms with van der Waals surface area (Å²) in [7, 11) is 1.60. The number of ether oxygens (including phenoxy) is 2. The minimum atomic E-state index is -0.0850. The van der Waals surface area contributed by atoms with Crippen molar-refractivity contribution in [1.29, 1.82) is 0 Å². The van der Waals surface area contributed by atoms with Gasteiger partial charge < -0.3 is 18.8 Å². The number of benzene rings is 1. The van der Waals surface area contributed by atoms with Gasteiger partial charge in [0.1, 0.15) is 18.2 Å². The summed E-state index contributed by atoms with van der Waals surface area (Å²) in [6, 6.07) is 10.9. The number of methoxy groups -OCH3 is 1. The summed E-state index contributed by atoms with van der Waals surface area (Å²) < 4.78 is 16.8. The maximum atomic E-state index is 12.9. The van der Waals surface area contributed by atoms with Crippen LogP contribution in [0.5, 0.6) is 11.5 Å². The number of furan rings is 1. The number of hydrogen-bond donors (Lipinski definition) is 1. The molecule has 1 aliphatic heterocycles. The van der Waals surface area contributed by atoms with E-state index < -0.39 is 0 Å². The quantitative estimate of drug-likeness (QED) is 0.621. The molecular formula is C23H26N4O4. The standard InChI is InChI=1S/C23H26N4O4/c1-29-18-4-2-3-5-19(18)30-14-17-8-9-20(31-17)23(28)27-12-10-16(11-13-27)22-24-21(25-26-22)15-6-7-15/h2-5,8-9,15-16H,6-7,10-14H2,1H3,(H,24,25,26). The molecule has 1 saturated heterocycles. The minimum absolute atomic E-state index is 0.0850. The fraction of sp³-hybridized carbons (Fsp3) is 0.435. The number of nitrogens with one attached hydrogen (secondary N) is 1. The summed E-state index contributed by atoms with van der Waals surface area (Å²) in [4.78, 5) is 19.4. The van der Waals surface area contributed by atoms with E-state index in [2.05, 4.69) is 15.2 Å². The van der Waals surface area contributed by atoms with E-state index in [1.165, 1.54) is 12.8 Å². The summed E-state index contributed by atoms with van der Waals surface area (Å²) >= 11 is 0. The zero-order valence-corrected chi connectivity index (χ0v) is 17.5. The van der Waals surface area contributed by atoms with Gasteiger partial charge >= 0.3 is 0 Å². The van der Waals surface area contributed by atoms with Crippen molar-refractivity contribution in [2.75, 3.05) is 20.2 Å². The lowest BCUT2D eigenvalue weighted by molar-refractivity contribution is 0.0675. The lowest BCUT2D eigenvalue weighted by Crippen LogP contribution is -2.38. The molecule has 3 aromatic rings. The maximum Gasteiger partial charge on any atom is 0.289 e. The highest BCUT2D eigenvalue weighted by Gasteiger charge is 2.31. The topological polar surface area (TPSA) is 93.5 Å². The molecule has 8 nitrogen and oxygen atoms in total. The number of nitrogens with zero attached hydrogens (tertiary/aromatic N) is 3. The molecule has 1 N–H and O–H groups in total. The van der Waals surface area contributed by atoms with Gasteiger partial charge in [0, 0.05) is 24.9 Å². The van der Waals surface area contributed by atoms with Gasteiger partial charge in [-0.1, -0.05) is 12.1 Å². The number of aromatic amines is 1. The molecule has 162 valence electrons. The van der Waals surface area contributed by atoms with Crippen molar-refractivity contribution in [3.63, 3.8) is 0 Å². The van der Waals surface area contributed by atoms with Crippen LogP contribution in [0, 0.1) is 0 Å². The molecule has 8 heteroatoms. The predicted molar refractivity (Wildman–Crippen MR) is 112 cm³/mol. The minimum Gasteiger partial charge on any atom is -0.493 e. The van der Waals surface area contributed by atoms with E-state index in [1.807, 2.05) is 29.2 Å². The van der Waals surface area contributed by atoms with Crippen LogP contribution in [0.15, 0.2) is 40.8 Å². The second kappa shape index (κ2) is 8.45. The maximum absolute atomic E-state index is 12.9. The van der Waals surface area contributed by atoms with Gasteiger partial charge in [0.05, 0.1) is 7.11 Å². The van der Waals surface area contributed by atoms with Crippen molar-refractivity contribution in [2.24, 2.45) is 0 Å². The van der Waals surface area contributed by atoms with Crippen molar-refractivity contribution < 1.29 is 18.7 Å². The van der Waals surface area contributed by atoms with Crippen molar-refractivity contribution in [3.05, 3.63) is 59.6 Å². The highest BCUT2D eigenvalue weighted by atomic mass is 16.5. The second-order valence-electron chi connectivity index (χ2n) is 8.13. The number of likely N-dealkylation sites (tertiary alicyclic amines) is 1. The summed E-state index contributed by atoms with van der Waals surface area (Å²) in [5, 5.41) is 7.46. The van der Waals surface area contributed by atoms with Crippen molar-refractivity contribution >= 4 is 5.91 Å². The largest absolute Gasteiger partial charge is 0.493 e. The zero-order valence-electron chi connectivity index (χ0n) is 17.5. The van der Waals surface area contributed by atoms with E-state index in [0.717, 1.165) is 24.5 Å². The molecule has 1 aromatic carbocycles. The van der Waals surface area contributed by atoms with Gasteiger partial charge in [-0.05, 0) is 49.9 Å². The van der Waals surface area contributed by atoms with Crippen LogP contribution in [0.1, 0.15) is 65.5 Å². The van der Waals surface area contributed by atoms with E-state index in [4.69, 9.17) is 13.9 Å². The molecule has 0 bridgehead atoms. The molecule has 2 aliphatic rings. The third-order valence-electron chi connectivity index (χ3n) is 5.94. The van der Waals surface area contributed by atoms with Gasteiger partial charge in [0.15, 0.2) is 23.1 Å². The van der Waals surface area contributed by atoms with Crippen LogP contribution in [0.4, 0.5) is 0 Å². The Bertz CT molecular complexity index is 1050. The molecule has 3 heterocycles. The Morgan fingerprint density at radius 1 is 1.10 bits per heavy atom. The zero-order chi connectivity index (χ0) is 21.2. The Morgan fingerprint density at radius 2 is 1.87 bits per heavy atom. The molecule has 0 radical (unpaired) electrons. The number of amides is 1. The number of hydrogen-bond acceptors (Lipinski definition) is 6. The average molecular weight is 422 g/mol. The summed E-state index contributed by atoms with van der Waals surface area (Å²) in [5.74, 6) is 4.93. The highest BCUT2D eigenvalue weighted by molar-refractivity contribution is 5.91. The summed E-state index contributed by atoms with van der Waals surface area (Å²) in [5.41, 5.74) is 0. The number of carbonyl (C=O) groups is 1. The molecular weight excluding hydrogens is 396 g/mol.